The molecule has 0 saturated carbocycles. The van der Waals surface area contributed by atoms with Crippen molar-refractivity contribution in [3.8, 4) is 0 Å². The van der Waals surface area contributed by atoms with Gasteiger partial charge in [-0.15, -0.1) is 0 Å². The lowest BCUT2D eigenvalue weighted by atomic mass is 10.1. The molecular weight excluding hydrogens is 256 g/mol. The molecule has 2 heterocycles. The maximum Gasteiger partial charge on any atom is 0.407 e. The minimum atomic E-state index is -0.966. The minimum Gasteiger partial charge on any atom is -0.465 e. The van der Waals surface area contributed by atoms with Crippen molar-refractivity contribution in [2.45, 2.75) is 13.3 Å². The molecule has 5 nitrogen and oxygen atoms in total. The monoisotopic (exact) mass is 272 g/mol. The van der Waals surface area contributed by atoms with Crippen LogP contribution in [0, 0.1) is 5.92 Å². The molecular formula is C15H16N2O3. The van der Waals surface area contributed by atoms with Gasteiger partial charge in [-0.1, -0.05) is 19.1 Å². The first-order chi connectivity index (χ1) is 9.60. The zero-order valence-corrected chi connectivity index (χ0v) is 11.2. The summed E-state index contributed by atoms with van der Waals surface area (Å²) in [6.45, 7) is 2.68. The fourth-order valence-electron chi connectivity index (χ4n) is 2.74. The second-order valence-electron chi connectivity index (χ2n) is 5.15. The topological polar surface area (TPSA) is 60.9 Å². The Morgan fingerprint density at radius 2 is 2.05 bits per heavy atom. The van der Waals surface area contributed by atoms with E-state index in [1.54, 1.807) is 11.1 Å². The molecule has 0 aromatic heterocycles. The first-order valence-electron chi connectivity index (χ1n) is 6.70. The van der Waals surface area contributed by atoms with Gasteiger partial charge >= 0.3 is 6.09 Å². The summed E-state index contributed by atoms with van der Waals surface area (Å²) in [7, 11) is 0. The average molecular weight is 272 g/mol. The molecule has 5 heteroatoms. The van der Waals surface area contributed by atoms with Crippen molar-refractivity contribution in [2.75, 3.05) is 18.0 Å². The van der Waals surface area contributed by atoms with E-state index < -0.39 is 6.09 Å². The third-order valence-electron chi connectivity index (χ3n) is 3.95. The van der Waals surface area contributed by atoms with Crippen LogP contribution in [0.3, 0.4) is 0 Å². The van der Waals surface area contributed by atoms with Crippen molar-refractivity contribution in [2.24, 2.45) is 5.92 Å². The van der Waals surface area contributed by atoms with Gasteiger partial charge in [0.2, 0.25) is 5.91 Å². The lowest BCUT2D eigenvalue weighted by Crippen LogP contribution is -2.33. The number of likely N-dealkylation sites (tertiary alicyclic amines) is 1. The molecule has 104 valence electrons. The number of rotatable bonds is 2. The van der Waals surface area contributed by atoms with Crippen LogP contribution < -0.4 is 4.90 Å². The molecule has 1 N–H and O–H groups in total. The van der Waals surface area contributed by atoms with Crippen molar-refractivity contribution in [3.63, 3.8) is 0 Å². The van der Waals surface area contributed by atoms with Crippen molar-refractivity contribution in [1.29, 1.82) is 0 Å². The van der Waals surface area contributed by atoms with Gasteiger partial charge in [0.05, 0.1) is 5.92 Å². The van der Waals surface area contributed by atoms with Crippen LogP contribution in [0.15, 0.2) is 36.0 Å². The standard InChI is InChI=1S/C15H16N2O3/c1-2-10-3-5-12(6-4-10)17-8-11-7-16(15(19)20)9-13(11)14(17)18/h3-6,8,13H,2,7,9H2,1H3,(H,19,20). The lowest BCUT2D eigenvalue weighted by molar-refractivity contribution is -0.119. The SMILES string of the molecule is CCc1ccc(N2C=C3CN(C(=O)O)CC3C2=O)cc1. The van der Waals surface area contributed by atoms with E-state index in [2.05, 4.69) is 6.92 Å². The van der Waals surface area contributed by atoms with E-state index in [0.29, 0.717) is 6.54 Å². The molecule has 1 aromatic carbocycles. The average Bonchev–Trinajstić information content (AvgIpc) is 2.99. The van der Waals surface area contributed by atoms with Crippen molar-refractivity contribution in [1.82, 2.24) is 4.90 Å². The third kappa shape index (κ3) is 1.95. The number of nitrogens with zero attached hydrogens (tertiary/aromatic N) is 2. The van der Waals surface area contributed by atoms with Gasteiger partial charge in [-0.05, 0) is 29.7 Å². The fourth-order valence-corrected chi connectivity index (χ4v) is 2.74. The summed E-state index contributed by atoms with van der Waals surface area (Å²) < 4.78 is 0. The van der Waals surface area contributed by atoms with Gasteiger partial charge in [-0.3, -0.25) is 9.69 Å². The first-order valence-corrected chi connectivity index (χ1v) is 6.70. The van der Waals surface area contributed by atoms with E-state index in [9.17, 15) is 9.59 Å². The maximum absolute atomic E-state index is 12.4. The number of anilines is 1. The third-order valence-corrected chi connectivity index (χ3v) is 3.95. The van der Waals surface area contributed by atoms with Crippen LogP contribution in [0.25, 0.3) is 0 Å². The van der Waals surface area contributed by atoms with E-state index in [4.69, 9.17) is 5.11 Å². The van der Waals surface area contributed by atoms with E-state index in [1.165, 1.54) is 10.5 Å². The largest absolute Gasteiger partial charge is 0.465 e. The molecule has 1 fully saturated rings. The number of carbonyl (C=O) groups excluding carboxylic acids is 1. The Bertz CT molecular complexity index is 592. The number of carboxylic acid groups (broad SMARTS) is 1. The molecule has 0 bridgehead atoms. The van der Waals surface area contributed by atoms with Crippen LogP contribution >= 0.6 is 0 Å². The predicted octanol–water partition coefficient (Wildman–Crippen LogP) is 2.09. The van der Waals surface area contributed by atoms with Crippen LogP contribution in [0.4, 0.5) is 10.5 Å². The Labute approximate surface area is 117 Å². The van der Waals surface area contributed by atoms with Crippen LogP contribution in [0.1, 0.15) is 12.5 Å². The van der Waals surface area contributed by atoms with Crippen LogP contribution in [-0.4, -0.2) is 35.1 Å². The van der Waals surface area contributed by atoms with Crippen LogP contribution in [-0.2, 0) is 11.2 Å². The predicted molar refractivity (Wildman–Crippen MR) is 74.5 cm³/mol. The number of aryl methyl sites for hydroxylation is 1. The number of benzene rings is 1. The van der Waals surface area contributed by atoms with Gasteiger partial charge in [0, 0.05) is 25.0 Å². The van der Waals surface area contributed by atoms with Crippen LogP contribution in [0.2, 0.25) is 0 Å². The van der Waals surface area contributed by atoms with Crippen LogP contribution in [0.5, 0.6) is 0 Å². The summed E-state index contributed by atoms with van der Waals surface area (Å²) >= 11 is 0. The van der Waals surface area contributed by atoms with E-state index in [1.807, 2.05) is 24.3 Å². The van der Waals surface area contributed by atoms with E-state index >= 15 is 0 Å². The molecule has 0 spiro atoms. The Morgan fingerprint density at radius 1 is 1.35 bits per heavy atom. The Kier molecular flexibility index (Phi) is 2.97. The Balaban J connectivity index is 1.83. The molecule has 0 radical (unpaired) electrons. The van der Waals surface area contributed by atoms with Gasteiger partial charge in [0.15, 0.2) is 0 Å². The lowest BCUT2D eigenvalue weighted by Gasteiger charge is -2.18. The molecule has 1 aromatic rings. The summed E-state index contributed by atoms with van der Waals surface area (Å²) in [6.07, 6.45) is 1.79. The number of hydrogen-bond acceptors (Lipinski definition) is 2. The molecule has 0 aliphatic carbocycles. The highest BCUT2D eigenvalue weighted by Gasteiger charge is 2.42. The second kappa shape index (κ2) is 4.67. The van der Waals surface area contributed by atoms with Gasteiger partial charge < -0.3 is 10.0 Å². The maximum atomic E-state index is 12.4. The molecule has 2 aliphatic rings. The van der Waals surface area contributed by atoms with Gasteiger partial charge in [0.1, 0.15) is 0 Å². The highest BCUT2D eigenvalue weighted by Crippen LogP contribution is 2.33. The van der Waals surface area contributed by atoms with Crippen molar-refractivity contribution >= 4 is 17.7 Å². The summed E-state index contributed by atoms with van der Waals surface area (Å²) in [4.78, 5) is 26.2. The Hall–Kier alpha value is -2.30. The molecule has 2 aliphatic heterocycles. The zero-order valence-electron chi connectivity index (χ0n) is 11.2. The summed E-state index contributed by atoms with van der Waals surface area (Å²) in [5, 5.41) is 8.97. The fraction of sp³-hybridized carbons (Fsp3) is 0.333. The summed E-state index contributed by atoms with van der Waals surface area (Å²) in [5.74, 6) is -0.343. The van der Waals surface area contributed by atoms with Gasteiger partial charge in [-0.2, -0.15) is 0 Å². The quantitative estimate of drug-likeness (QED) is 0.896. The Morgan fingerprint density at radius 3 is 2.60 bits per heavy atom. The number of carbonyl (C=O) groups is 2. The highest BCUT2D eigenvalue weighted by molar-refractivity contribution is 6.02. The van der Waals surface area contributed by atoms with Gasteiger partial charge in [0.25, 0.3) is 0 Å². The smallest absolute Gasteiger partial charge is 0.407 e. The number of hydrogen-bond donors (Lipinski definition) is 1. The molecule has 1 saturated heterocycles. The first kappa shape index (κ1) is 12.7. The van der Waals surface area contributed by atoms with E-state index in [-0.39, 0.29) is 18.4 Å². The van der Waals surface area contributed by atoms with Gasteiger partial charge in [-0.25, -0.2) is 4.79 Å². The molecule has 1 unspecified atom stereocenters. The molecule has 1 atom stereocenters. The summed E-state index contributed by atoms with van der Waals surface area (Å²) in [6, 6.07) is 7.89. The molecule has 20 heavy (non-hydrogen) atoms. The van der Waals surface area contributed by atoms with Crippen molar-refractivity contribution < 1.29 is 14.7 Å². The second-order valence-corrected chi connectivity index (χ2v) is 5.15. The number of fused-ring (bicyclic) bond motifs is 1. The zero-order chi connectivity index (χ0) is 14.3. The normalized spacial score (nSPS) is 21.1. The molecule has 2 amide bonds. The number of amides is 2. The highest BCUT2D eigenvalue weighted by atomic mass is 16.4. The van der Waals surface area contributed by atoms with Crippen molar-refractivity contribution in [3.05, 3.63) is 41.6 Å². The summed E-state index contributed by atoms with van der Waals surface area (Å²) in [5.41, 5.74) is 2.96. The minimum absolute atomic E-state index is 0.0343. The molecule has 3 rings (SSSR count). The van der Waals surface area contributed by atoms with E-state index in [0.717, 1.165) is 17.7 Å².